The van der Waals surface area contributed by atoms with Gasteiger partial charge in [-0.3, -0.25) is 4.98 Å². The summed E-state index contributed by atoms with van der Waals surface area (Å²) < 4.78 is 0. The Morgan fingerprint density at radius 2 is 1.39 bits per heavy atom. The molecule has 2 aromatic carbocycles. The summed E-state index contributed by atoms with van der Waals surface area (Å²) in [5, 5.41) is 9.60. The zero-order valence-electron chi connectivity index (χ0n) is 13.1. The van der Waals surface area contributed by atoms with E-state index in [0.29, 0.717) is 0 Å². The van der Waals surface area contributed by atoms with Crippen LogP contribution < -0.4 is 0 Å². The molecule has 0 bridgehead atoms. The van der Waals surface area contributed by atoms with E-state index in [4.69, 9.17) is 0 Å². The molecule has 0 unspecified atom stereocenters. The first-order valence-electron chi connectivity index (χ1n) is 7.78. The number of aromatic hydroxyl groups is 1. The quantitative estimate of drug-likeness (QED) is 0.675. The Labute approximate surface area is 136 Å². The van der Waals surface area contributed by atoms with Crippen molar-refractivity contribution < 1.29 is 5.11 Å². The fraction of sp³-hybridized carbons (Fsp3) is 0.0952. The molecule has 2 heteroatoms. The number of allylic oxidation sites excluding steroid dienone is 1. The van der Waals surface area contributed by atoms with Crippen LogP contribution in [0.15, 0.2) is 79.1 Å². The summed E-state index contributed by atoms with van der Waals surface area (Å²) in [4.78, 5) is 4.13. The van der Waals surface area contributed by atoms with Crippen LogP contribution in [0.25, 0.3) is 11.1 Å². The third kappa shape index (κ3) is 3.32. The van der Waals surface area contributed by atoms with Crippen molar-refractivity contribution in [1.29, 1.82) is 0 Å². The van der Waals surface area contributed by atoms with Gasteiger partial charge >= 0.3 is 0 Å². The maximum atomic E-state index is 9.60. The van der Waals surface area contributed by atoms with E-state index < -0.39 is 0 Å². The van der Waals surface area contributed by atoms with Crippen molar-refractivity contribution in [2.75, 3.05) is 0 Å². The molecule has 0 saturated heterocycles. The minimum atomic E-state index is 0.278. The van der Waals surface area contributed by atoms with E-state index in [9.17, 15) is 5.11 Å². The average Bonchev–Trinajstić information content (AvgIpc) is 2.62. The third-order valence-corrected chi connectivity index (χ3v) is 3.90. The molecule has 0 aliphatic rings. The second-order valence-electron chi connectivity index (χ2n) is 5.36. The standard InChI is InChI=1S/C21H19NO/c1-2-20(16-6-4-3-5-7-16)21(18-12-14-22-15-13-18)17-8-10-19(23)11-9-17/h3-15,23H,2H2,1H3/b21-20+. The minimum absolute atomic E-state index is 0.278. The average molecular weight is 301 g/mol. The normalized spacial score (nSPS) is 11.9. The van der Waals surface area contributed by atoms with Crippen LogP contribution in [0, 0.1) is 0 Å². The van der Waals surface area contributed by atoms with Gasteiger partial charge in [0.2, 0.25) is 0 Å². The van der Waals surface area contributed by atoms with Crippen LogP contribution in [-0.4, -0.2) is 10.1 Å². The number of phenols is 1. The van der Waals surface area contributed by atoms with Crippen LogP contribution in [0.1, 0.15) is 30.0 Å². The van der Waals surface area contributed by atoms with E-state index in [1.165, 1.54) is 16.7 Å². The first-order chi connectivity index (χ1) is 11.3. The van der Waals surface area contributed by atoms with Gasteiger partial charge in [0.15, 0.2) is 0 Å². The zero-order chi connectivity index (χ0) is 16.1. The van der Waals surface area contributed by atoms with E-state index in [1.807, 2.05) is 42.7 Å². The van der Waals surface area contributed by atoms with E-state index in [0.717, 1.165) is 17.5 Å². The highest BCUT2D eigenvalue weighted by Gasteiger charge is 2.12. The Morgan fingerprint density at radius 3 is 2.00 bits per heavy atom. The Kier molecular flexibility index (Phi) is 4.53. The summed E-state index contributed by atoms with van der Waals surface area (Å²) in [7, 11) is 0. The second-order valence-corrected chi connectivity index (χ2v) is 5.36. The maximum Gasteiger partial charge on any atom is 0.115 e. The number of aromatic nitrogens is 1. The molecule has 1 heterocycles. The van der Waals surface area contributed by atoms with E-state index in [1.54, 1.807) is 12.1 Å². The first kappa shape index (κ1) is 15.0. The number of hydrogen-bond donors (Lipinski definition) is 1. The Balaban J connectivity index is 2.26. The lowest BCUT2D eigenvalue weighted by Crippen LogP contribution is -1.95. The lowest BCUT2D eigenvalue weighted by molar-refractivity contribution is 0.475. The molecule has 0 spiro atoms. The molecule has 1 N–H and O–H groups in total. The Morgan fingerprint density at radius 1 is 0.783 bits per heavy atom. The second kappa shape index (κ2) is 6.93. The van der Waals surface area contributed by atoms with Crippen LogP contribution in [0.3, 0.4) is 0 Å². The predicted octanol–water partition coefficient (Wildman–Crippen LogP) is 5.16. The highest BCUT2D eigenvalue weighted by Crippen LogP contribution is 2.34. The van der Waals surface area contributed by atoms with E-state index in [-0.39, 0.29) is 5.75 Å². The molecule has 114 valence electrons. The van der Waals surface area contributed by atoms with Crippen molar-refractivity contribution >= 4 is 11.1 Å². The number of benzene rings is 2. The third-order valence-electron chi connectivity index (χ3n) is 3.90. The van der Waals surface area contributed by atoms with Crippen LogP contribution in [0.2, 0.25) is 0 Å². The predicted molar refractivity (Wildman–Crippen MR) is 95.0 cm³/mol. The number of nitrogens with zero attached hydrogens (tertiary/aromatic N) is 1. The molecule has 2 nitrogen and oxygen atoms in total. The van der Waals surface area contributed by atoms with Gasteiger partial charge in [-0.25, -0.2) is 0 Å². The SMILES string of the molecule is CC/C(=C(\c1ccncc1)c1ccc(O)cc1)c1ccccc1. The largest absolute Gasteiger partial charge is 0.508 e. The van der Waals surface area contributed by atoms with E-state index >= 15 is 0 Å². The molecule has 0 fully saturated rings. The lowest BCUT2D eigenvalue weighted by Gasteiger charge is -2.16. The molecule has 0 atom stereocenters. The van der Waals surface area contributed by atoms with Crippen LogP contribution in [0.5, 0.6) is 5.75 Å². The van der Waals surface area contributed by atoms with Gasteiger partial charge < -0.3 is 5.11 Å². The molecule has 1 aromatic heterocycles. The molecule has 0 amide bonds. The maximum absolute atomic E-state index is 9.60. The molecule has 23 heavy (non-hydrogen) atoms. The van der Waals surface area contributed by atoms with Gasteiger partial charge in [-0.2, -0.15) is 0 Å². The Bertz CT molecular complexity index is 790. The zero-order valence-corrected chi connectivity index (χ0v) is 13.1. The molecule has 0 radical (unpaired) electrons. The van der Waals surface area contributed by atoms with Gasteiger partial charge in [0, 0.05) is 12.4 Å². The van der Waals surface area contributed by atoms with E-state index in [2.05, 4.69) is 36.2 Å². The van der Waals surface area contributed by atoms with Gasteiger partial charge in [0.25, 0.3) is 0 Å². The summed E-state index contributed by atoms with van der Waals surface area (Å²) in [6, 6.07) is 21.9. The van der Waals surface area contributed by atoms with Gasteiger partial charge in [-0.15, -0.1) is 0 Å². The number of hydrogen-bond acceptors (Lipinski definition) is 2. The van der Waals surface area contributed by atoms with Gasteiger partial charge in [-0.1, -0.05) is 49.4 Å². The van der Waals surface area contributed by atoms with Gasteiger partial charge in [0.05, 0.1) is 0 Å². The molecule has 0 saturated carbocycles. The summed E-state index contributed by atoms with van der Waals surface area (Å²) >= 11 is 0. The lowest BCUT2D eigenvalue weighted by atomic mass is 9.88. The van der Waals surface area contributed by atoms with Crippen LogP contribution in [0.4, 0.5) is 0 Å². The summed E-state index contributed by atoms with van der Waals surface area (Å²) in [6.07, 6.45) is 4.55. The molecular formula is C21H19NO. The van der Waals surface area contributed by atoms with Crippen molar-refractivity contribution in [1.82, 2.24) is 4.98 Å². The topological polar surface area (TPSA) is 33.1 Å². The van der Waals surface area contributed by atoms with Crippen LogP contribution in [-0.2, 0) is 0 Å². The summed E-state index contributed by atoms with van der Waals surface area (Å²) in [5.41, 5.74) is 5.90. The smallest absolute Gasteiger partial charge is 0.115 e. The van der Waals surface area contributed by atoms with Crippen molar-refractivity contribution in [3.05, 3.63) is 95.8 Å². The van der Waals surface area contributed by atoms with Crippen molar-refractivity contribution in [2.24, 2.45) is 0 Å². The molecule has 3 rings (SSSR count). The highest BCUT2D eigenvalue weighted by atomic mass is 16.3. The summed E-state index contributed by atoms with van der Waals surface area (Å²) in [6.45, 7) is 2.17. The van der Waals surface area contributed by atoms with Gasteiger partial charge in [0.1, 0.15) is 5.75 Å². The Hall–Kier alpha value is -2.87. The van der Waals surface area contributed by atoms with Crippen molar-refractivity contribution in [3.8, 4) is 5.75 Å². The van der Waals surface area contributed by atoms with Crippen LogP contribution >= 0.6 is 0 Å². The molecule has 0 aliphatic carbocycles. The summed E-state index contributed by atoms with van der Waals surface area (Å²) in [5.74, 6) is 0.278. The van der Waals surface area contributed by atoms with Crippen molar-refractivity contribution in [2.45, 2.75) is 13.3 Å². The fourth-order valence-electron chi connectivity index (χ4n) is 2.83. The first-order valence-corrected chi connectivity index (χ1v) is 7.78. The highest BCUT2D eigenvalue weighted by molar-refractivity contribution is 5.98. The monoisotopic (exact) mass is 301 g/mol. The number of phenolic OH excluding ortho intramolecular Hbond substituents is 1. The molecule has 3 aromatic rings. The molecular weight excluding hydrogens is 282 g/mol. The number of rotatable bonds is 4. The minimum Gasteiger partial charge on any atom is -0.508 e. The molecule has 0 aliphatic heterocycles. The van der Waals surface area contributed by atoms with Crippen molar-refractivity contribution in [3.63, 3.8) is 0 Å². The van der Waals surface area contributed by atoms with Gasteiger partial charge in [-0.05, 0) is 58.5 Å². The number of pyridine rings is 1. The fourth-order valence-corrected chi connectivity index (χ4v) is 2.83.